The quantitative estimate of drug-likeness (QED) is 0.711. The van der Waals surface area contributed by atoms with Crippen LogP contribution in [0.4, 0.5) is 5.69 Å². The number of piperidine rings is 1. The first-order valence-corrected chi connectivity index (χ1v) is 12.6. The summed E-state index contributed by atoms with van der Waals surface area (Å²) in [5.74, 6) is -0.299. The molecule has 1 aliphatic carbocycles. The molecule has 1 saturated carbocycles. The molecule has 2 aromatic carbocycles. The Morgan fingerprint density at radius 3 is 2.53 bits per heavy atom. The van der Waals surface area contributed by atoms with E-state index < -0.39 is 5.97 Å². The minimum absolute atomic E-state index is 0.200. The lowest BCUT2D eigenvalue weighted by molar-refractivity contribution is -0.142. The summed E-state index contributed by atoms with van der Waals surface area (Å²) < 4.78 is 5.60. The van der Waals surface area contributed by atoms with Crippen LogP contribution in [0.3, 0.4) is 0 Å². The molecule has 1 unspecified atom stereocenters. The van der Waals surface area contributed by atoms with Gasteiger partial charge in [0.15, 0.2) is 0 Å². The van der Waals surface area contributed by atoms with Crippen LogP contribution in [-0.4, -0.2) is 54.2 Å². The van der Waals surface area contributed by atoms with Gasteiger partial charge in [-0.2, -0.15) is 0 Å². The van der Waals surface area contributed by atoms with Crippen molar-refractivity contribution in [3.8, 4) is 11.1 Å². The maximum absolute atomic E-state index is 12.7. The number of hydrogen-bond acceptors (Lipinski definition) is 4. The van der Waals surface area contributed by atoms with Gasteiger partial charge in [-0.1, -0.05) is 36.4 Å². The number of carbonyl (C=O) groups excluding carboxylic acids is 1. The Bertz CT molecular complexity index is 1100. The van der Waals surface area contributed by atoms with E-state index in [-0.39, 0.29) is 17.9 Å². The van der Waals surface area contributed by atoms with Crippen LogP contribution in [0.15, 0.2) is 42.5 Å². The third kappa shape index (κ3) is 3.88. The lowest BCUT2D eigenvalue weighted by atomic mass is 9.88. The number of benzene rings is 2. The van der Waals surface area contributed by atoms with Crippen LogP contribution >= 0.6 is 0 Å². The molecule has 3 fully saturated rings. The average molecular weight is 461 g/mol. The molecule has 2 saturated heterocycles. The molecular weight excluding hydrogens is 428 g/mol. The predicted octanol–water partition coefficient (Wildman–Crippen LogP) is 4.30. The van der Waals surface area contributed by atoms with Crippen LogP contribution < -0.4 is 5.32 Å². The lowest BCUT2D eigenvalue weighted by Gasteiger charge is -2.34. The van der Waals surface area contributed by atoms with Crippen LogP contribution in [0.25, 0.3) is 11.1 Å². The second kappa shape index (κ2) is 8.42. The van der Waals surface area contributed by atoms with Crippen molar-refractivity contribution in [1.82, 2.24) is 4.90 Å². The molecule has 2 N–H and O–H groups in total. The molecule has 178 valence electrons. The molecule has 1 amide bonds. The minimum atomic E-state index is -0.740. The monoisotopic (exact) mass is 460 g/mol. The molecule has 3 heterocycles. The zero-order valence-corrected chi connectivity index (χ0v) is 19.5. The fourth-order valence-corrected chi connectivity index (χ4v) is 6.27. The van der Waals surface area contributed by atoms with Gasteiger partial charge in [0.25, 0.3) is 5.91 Å². The standard InChI is InChI=1S/C28H32N2O4/c31-26(25-2-1-13-34-25)30-11-9-28(10-12-30)16-23(28)19-5-3-18(4-6-19)20-7-8-21-14-22(27(32)33)17-29-24(21)15-20/h3-8,15,22-23,25,29H,1-2,9-14,16-17H2,(H,32,33)/t22?,23-,25+/m0/s1. The molecule has 1 spiro atoms. The van der Waals surface area contributed by atoms with Gasteiger partial charge >= 0.3 is 5.97 Å². The zero-order chi connectivity index (χ0) is 23.3. The number of rotatable bonds is 4. The van der Waals surface area contributed by atoms with Crippen molar-refractivity contribution < 1.29 is 19.4 Å². The van der Waals surface area contributed by atoms with Crippen LogP contribution in [-0.2, 0) is 20.7 Å². The van der Waals surface area contributed by atoms with Crippen molar-refractivity contribution in [2.24, 2.45) is 11.3 Å². The van der Waals surface area contributed by atoms with Crippen molar-refractivity contribution in [2.45, 2.75) is 50.5 Å². The molecule has 0 radical (unpaired) electrons. The number of nitrogens with zero attached hydrogens (tertiary/aromatic N) is 1. The van der Waals surface area contributed by atoms with Gasteiger partial charge in [-0.05, 0) is 78.2 Å². The number of fused-ring (bicyclic) bond motifs is 1. The first-order chi connectivity index (χ1) is 16.5. The maximum Gasteiger partial charge on any atom is 0.308 e. The molecule has 34 heavy (non-hydrogen) atoms. The summed E-state index contributed by atoms with van der Waals surface area (Å²) in [6.45, 7) is 2.92. The molecule has 6 heteroatoms. The number of ether oxygens (including phenoxy) is 1. The van der Waals surface area contributed by atoms with E-state index >= 15 is 0 Å². The normalized spacial score (nSPS) is 27.2. The average Bonchev–Trinajstić information content (AvgIpc) is 3.28. The number of aliphatic carboxylic acids is 1. The molecule has 3 aliphatic heterocycles. The largest absolute Gasteiger partial charge is 0.481 e. The summed E-state index contributed by atoms with van der Waals surface area (Å²) in [4.78, 5) is 26.0. The van der Waals surface area contributed by atoms with E-state index in [4.69, 9.17) is 4.74 Å². The number of anilines is 1. The number of hydrogen-bond donors (Lipinski definition) is 2. The minimum Gasteiger partial charge on any atom is -0.481 e. The van der Waals surface area contributed by atoms with Gasteiger partial charge in [0.05, 0.1) is 5.92 Å². The van der Waals surface area contributed by atoms with Gasteiger partial charge in [-0.3, -0.25) is 9.59 Å². The number of carboxylic acid groups (broad SMARTS) is 1. The van der Waals surface area contributed by atoms with E-state index in [9.17, 15) is 14.7 Å². The lowest BCUT2D eigenvalue weighted by Crippen LogP contribution is -2.44. The van der Waals surface area contributed by atoms with Crippen molar-refractivity contribution in [3.63, 3.8) is 0 Å². The number of carboxylic acids is 1. The summed E-state index contributed by atoms with van der Waals surface area (Å²) >= 11 is 0. The first-order valence-electron chi connectivity index (χ1n) is 12.6. The number of carbonyl (C=O) groups is 2. The summed E-state index contributed by atoms with van der Waals surface area (Å²) in [5, 5.41) is 12.6. The van der Waals surface area contributed by atoms with Gasteiger partial charge in [0.2, 0.25) is 0 Å². The number of nitrogens with one attached hydrogen (secondary N) is 1. The molecule has 6 rings (SSSR count). The molecule has 0 aromatic heterocycles. The SMILES string of the molecule is O=C(O)C1CNc2cc(-c3ccc([C@@H]4CC45CCN(C(=O)[C@H]4CCCO4)CC5)cc3)ccc2C1. The van der Waals surface area contributed by atoms with E-state index in [2.05, 4.69) is 47.8 Å². The van der Waals surface area contributed by atoms with Gasteiger partial charge < -0.3 is 20.1 Å². The Morgan fingerprint density at radius 1 is 1.06 bits per heavy atom. The molecule has 4 aliphatic rings. The first kappa shape index (κ1) is 21.7. The fraction of sp³-hybridized carbons (Fsp3) is 0.500. The van der Waals surface area contributed by atoms with Crippen LogP contribution in [0, 0.1) is 11.3 Å². The molecular formula is C28H32N2O4. The maximum atomic E-state index is 12.7. The highest BCUT2D eigenvalue weighted by Crippen LogP contribution is 2.65. The van der Waals surface area contributed by atoms with Crippen molar-refractivity contribution in [2.75, 3.05) is 31.6 Å². The molecule has 0 bridgehead atoms. The van der Waals surface area contributed by atoms with E-state index in [0.29, 0.717) is 24.3 Å². The van der Waals surface area contributed by atoms with Crippen LogP contribution in [0.1, 0.15) is 49.1 Å². The van der Waals surface area contributed by atoms with E-state index in [1.807, 2.05) is 4.90 Å². The zero-order valence-electron chi connectivity index (χ0n) is 19.5. The molecule has 6 nitrogen and oxygen atoms in total. The number of likely N-dealkylation sites (tertiary alicyclic amines) is 1. The van der Waals surface area contributed by atoms with E-state index in [1.54, 1.807) is 0 Å². The second-order valence-electron chi connectivity index (χ2n) is 10.6. The highest BCUT2D eigenvalue weighted by atomic mass is 16.5. The van der Waals surface area contributed by atoms with Gasteiger partial charge in [0.1, 0.15) is 6.10 Å². The van der Waals surface area contributed by atoms with E-state index in [1.165, 1.54) is 17.5 Å². The second-order valence-corrected chi connectivity index (χ2v) is 10.6. The molecule has 3 atom stereocenters. The van der Waals surface area contributed by atoms with Gasteiger partial charge in [-0.25, -0.2) is 0 Å². The van der Waals surface area contributed by atoms with E-state index in [0.717, 1.165) is 62.2 Å². The topological polar surface area (TPSA) is 78.9 Å². The number of amides is 1. The van der Waals surface area contributed by atoms with Crippen molar-refractivity contribution >= 4 is 17.6 Å². The summed E-state index contributed by atoms with van der Waals surface area (Å²) in [6.07, 6.45) is 5.66. The third-order valence-corrected chi connectivity index (χ3v) is 8.58. The van der Waals surface area contributed by atoms with Crippen LogP contribution in [0.2, 0.25) is 0 Å². The summed E-state index contributed by atoms with van der Waals surface area (Å²) in [7, 11) is 0. The summed E-state index contributed by atoms with van der Waals surface area (Å²) in [6, 6.07) is 15.3. The Hall–Kier alpha value is -2.86. The van der Waals surface area contributed by atoms with Crippen molar-refractivity contribution in [3.05, 3.63) is 53.6 Å². The predicted molar refractivity (Wildman–Crippen MR) is 130 cm³/mol. The highest BCUT2D eigenvalue weighted by molar-refractivity contribution is 5.81. The van der Waals surface area contributed by atoms with Crippen molar-refractivity contribution in [1.29, 1.82) is 0 Å². The molecule has 2 aromatic rings. The van der Waals surface area contributed by atoms with Gasteiger partial charge in [-0.15, -0.1) is 0 Å². The smallest absolute Gasteiger partial charge is 0.308 e. The highest BCUT2D eigenvalue weighted by Gasteiger charge is 2.55. The Balaban J connectivity index is 1.09. The summed E-state index contributed by atoms with van der Waals surface area (Å²) in [5.41, 5.74) is 6.22. The Kier molecular flexibility index (Phi) is 5.36. The fourth-order valence-electron chi connectivity index (χ4n) is 6.27. The van der Waals surface area contributed by atoms with Gasteiger partial charge in [0, 0.05) is 31.9 Å². The van der Waals surface area contributed by atoms with Crippen LogP contribution in [0.5, 0.6) is 0 Å². The Labute approximate surface area is 200 Å². The third-order valence-electron chi connectivity index (χ3n) is 8.58. The Morgan fingerprint density at radius 2 is 1.82 bits per heavy atom.